The van der Waals surface area contributed by atoms with Crippen molar-refractivity contribution in [1.29, 1.82) is 0 Å². The number of benzene rings is 1. The Balaban J connectivity index is 2.00. The molecule has 1 heterocycles. The molecule has 1 aromatic rings. The van der Waals surface area contributed by atoms with Crippen LogP contribution < -0.4 is 0 Å². The molecule has 2 nitrogen and oxygen atoms in total. The van der Waals surface area contributed by atoms with Crippen LogP contribution in [-0.4, -0.2) is 27.1 Å². The molecule has 0 spiro atoms. The van der Waals surface area contributed by atoms with Crippen LogP contribution in [0.25, 0.3) is 0 Å². The highest BCUT2D eigenvalue weighted by atomic mass is 28.3. The molecule has 0 N–H and O–H groups in total. The second-order valence-corrected chi connectivity index (χ2v) is 14.1. The Morgan fingerprint density at radius 3 is 2.04 bits per heavy atom. The lowest BCUT2D eigenvalue weighted by atomic mass is 10.1. The minimum Gasteiger partial charge on any atom is -0.350 e. The van der Waals surface area contributed by atoms with Gasteiger partial charge in [-0.1, -0.05) is 88.5 Å². The van der Waals surface area contributed by atoms with Gasteiger partial charge in [0.1, 0.15) is 0 Å². The molecule has 0 amide bonds. The molecule has 1 aliphatic rings. The fraction of sp³-hybridized carbons (Fsp3) is 0.700. The normalized spacial score (nSPS) is 22.5. The molecule has 23 heavy (non-hydrogen) atoms. The van der Waals surface area contributed by atoms with E-state index >= 15 is 0 Å². The van der Waals surface area contributed by atoms with E-state index in [9.17, 15) is 0 Å². The number of ether oxygens (including phenoxy) is 2. The van der Waals surface area contributed by atoms with Crippen molar-refractivity contribution in [2.24, 2.45) is 0 Å². The molecule has 2 atom stereocenters. The molecule has 0 aliphatic carbocycles. The van der Waals surface area contributed by atoms with Crippen molar-refractivity contribution in [2.45, 2.75) is 83.0 Å². The van der Waals surface area contributed by atoms with Gasteiger partial charge in [-0.15, -0.1) is 0 Å². The van der Waals surface area contributed by atoms with E-state index in [4.69, 9.17) is 9.47 Å². The van der Waals surface area contributed by atoms with Gasteiger partial charge in [-0.2, -0.15) is 0 Å². The summed E-state index contributed by atoms with van der Waals surface area (Å²) in [4.78, 5) is 0. The van der Waals surface area contributed by atoms with Crippen LogP contribution in [0.1, 0.15) is 47.1 Å². The lowest BCUT2D eigenvalue weighted by molar-refractivity contribution is -0.0434. The highest BCUT2D eigenvalue weighted by molar-refractivity contribution is 6.83. The standard InChI is InChI=1S/C20H34O2Si/c1-15(2)23(16(3)4,17(5)6)14-20-21-13-19(22-20)12-18-10-8-7-9-11-18/h7-11,15-17,19-20H,12-14H2,1-6H3. The van der Waals surface area contributed by atoms with E-state index in [0.717, 1.165) is 35.7 Å². The predicted octanol–water partition coefficient (Wildman–Crippen LogP) is 5.65. The molecular weight excluding hydrogens is 300 g/mol. The third kappa shape index (κ3) is 4.26. The van der Waals surface area contributed by atoms with Gasteiger partial charge < -0.3 is 9.47 Å². The van der Waals surface area contributed by atoms with Crippen molar-refractivity contribution >= 4 is 8.07 Å². The smallest absolute Gasteiger partial charge is 0.155 e. The van der Waals surface area contributed by atoms with Crippen molar-refractivity contribution in [1.82, 2.24) is 0 Å². The maximum Gasteiger partial charge on any atom is 0.155 e. The van der Waals surface area contributed by atoms with E-state index in [1.807, 2.05) is 0 Å². The van der Waals surface area contributed by atoms with Gasteiger partial charge in [0, 0.05) is 6.42 Å². The van der Waals surface area contributed by atoms with Gasteiger partial charge in [0.05, 0.1) is 20.8 Å². The third-order valence-electron chi connectivity index (χ3n) is 5.86. The van der Waals surface area contributed by atoms with Crippen molar-refractivity contribution in [3.8, 4) is 0 Å². The zero-order chi connectivity index (χ0) is 17.0. The third-order valence-corrected chi connectivity index (χ3v) is 13.4. The topological polar surface area (TPSA) is 18.5 Å². The van der Waals surface area contributed by atoms with Gasteiger partial charge in [-0.25, -0.2) is 0 Å². The first-order chi connectivity index (χ1) is 10.9. The molecule has 0 saturated carbocycles. The van der Waals surface area contributed by atoms with Gasteiger partial charge in [0.2, 0.25) is 0 Å². The van der Waals surface area contributed by atoms with Crippen LogP contribution in [0, 0.1) is 0 Å². The first-order valence-corrected chi connectivity index (χ1v) is 11.6. The summed E-state index contributed by atoms with van der Waals surface area (Å²) in [5, 5.41) is 0. The summed E-state index contributed by atoms with van der Waals surface area (Å²) in [5.41, 5.74) is 3.59. The fourth-order valence-electron chi connectivity index (χ4n) is 4.59. The highest BCUT2D eigenvalue weighted by Gasteiger charge is 2.46. The second-order valence-electron chi connectivity index (χ2n) is 7.99. The maximum atomic E-state index is 6.28. The van der Waals surface area contributed by atoms with Gasteiger partial charge >= 0.3 is 0 Å². The summed E-state index contributed by atoms with van der Waals surface area (Å²) in [6, 6.07) is 11.7. The molecule has 0 bridgehead atoms. The first-order valence-electron chi connectivity index (χ1n) is 9.17. The second kappa shape index (κ2) is 7.95. The average molecular weight is 335 g/mol. The van der Waals surface area contributed by atoms with Gasteiger partial charge in [-0.3, -0.25) is 0 Å². The molecule has 2 rings (SSSR count). The molecule has 1 aliphatic heterocycles. The summed E-state index contributed by atoms with van der Waals surface area (Å²) in [5.74, 6) is 0. The van der Waals surface area contributed by atoms with Crippen LogP contribution in [0.15, 0.2) is 30.3 Å². The van der Waals surface area contributed by atoms with Gasteiger partial charge in [0.15, 0.2) is 6.29 Å². The SMILES string of the molecule is CC(C)[Si](CC1OCC(Cc2ccccc2)O1)(C(C)C)C(C)C. The Hall–Kier alpha value is -0.643. The molecular formula is C20H34O2Si. The van der Waals surface area contributed by atoms with E-state index in [1.165, 1.54) is 5.56 Å². The predicted molar refractivity (Wildman–Crippen MR) is 101 cm³/mol. The minimum absolute atomic E-state index is 0.00239. The molecule has 3 heteroatoms. The molecule has 0 radical (unpaired) electrons. The zero-order valence-electron chi connectivity index (χ0n) is 15.7. The molecule has 2 unspecified atom stereocenters. The first kappa shape index (κ1) is 18.7. The zero-order valence-corrected chi connectivity index (χ0v) is 16.7. The van der Waals surface area contributed by atoms with Crippen molar-refractivity contribution in [3.63, 3.8) is 0 Å². The Morgan fingerprint density at radius 2 is 1.52 bits per heavy atom. The van der Waals surface area contributed by atoms with Gasteiger partial charge in [0.25, 0.3) is 0 Å². The quantitative estimate of drug-likeness (QED) is 0.600. The van der Waals surface area contributed by atoms with E-state index in [-0.39, 0.29) is 12.4 Å². The monoisotopic (exact) mass is 334 g/mol. The highest BCUT2D eigenvalue weighted by Crippen LogP contribution is 2.46. The Kier molecular flexibility index (Phi) is 6.46. The number of hydrogen-bond donors (Lipinski definition) is 0. The Labute approximate surface area is 143 Å². The number of hydrogen-bond acceptors (Lipinski definition) is 2. The van der Waals surface area contributed by atoms with Crippen LogP contribution >= 0.6 is 0 Å². The minimum atomic E-state index is -1.46. The van der Waals surface area contributed by atoms with Gasteiger partial charge in [-0.05, 0) is 11.6 Å². The van der Waals surface area contributed by atoms with E-state index in [0.29, 0.717) is 0 Å². The average Bonchev–Trinajstić information content (AvgIpc) is 2.91. The molecule has 130 valence electrons. The summed E-state index contributed by atoms with van der Waals surface area (Å²) in [6.45, 7) is 15.2. The Morgan fingerprint density at radius 1 is 0.957 bits per heavy atom. The summed E-state index contributed by atoms with van der Waals surface area (Å²) < 4.78 is 12.3. The van der Waals surface area contributed by atoms with Crippen LogP contribution in [-0.2, 0) is 15.9 Å². The van der Waals surface area contributed by atoms with Crippen molar-refractivity contribution < 1.29 is 9.47 Å². The van der Waals surface area contributed by atoms with Crippen LogP contribution in [0.5, 0.6) is 0 Å². The van der Waals surface area contributed by atoms with E-state index in [1.54, 1.807) is 0 Å². The molecule has 1 fully saturated rings. The molecule has 0 aromatic heterocycles. The lowest BCUT2D eigenvalue weighted by Crippen LogP contribution is -2.47. The largest absolute Gasteiger partial charge is 0.350 e. The Bertz CT molecular complexity index is 448. The van der Waals surface area contributed by atoms with E-state index in [2.05, 4.69) is 71.9 Å². The van der Waals surface area contributed by atoms with Crippen LogP contribution in [0.4, 0.5) is 0 Å². The fourth-order valence-corrected chi connectivity index (χ4v) is 10.8. The molecule has 1 saturated heterocycles. The maximum absolute atomic E-state index is 6.28. The van der Waals surface area contributed by atoms with E-state index < -0.39 is 8.07 Å². The molecule has 1 aromatic carbocycles. The summed E-state index contributed by atoms with van der Waals surface area (Å²) in [6.07, 6.45) is 1.17. The lowest BCUT2D eigenvalue weighted by Gasteiger charge is -2.44. The summed E-state index contributed by atoms with van der Waals surface area (Å²) in [7, 11) is -1.46. The number of rotatable bonds is 7. The van der Waals surface area contributed by atoms with Crippen molar-refractivity contribution in [3.05, 3.63) is 35.9 Å². The van der Waals surface area contributed by atoms with Crippen LogP contribution in [0.2, 0.25) is 22.7 Å². The van der Waals surface area contributed by atoms with Crippen LogP contribution in [0.3, 0.4) is 0 Å². The van der Waals surface area contributed by atoms with Crippen molar-refractivity contribution in [2.75, 3.05) is 6.61 Å². The summed E-state index contributed by atoms with van der Waals surface area (Å²) >= 11 is 0.